The molecule has 0 aliphatic carbocycles. The Hall–Kier alpha value is -3.99. The molecule has 1 saturated heterocycles. The molecule has 0 saturated carbocycles. The van der Waals surface area contributed by atoms with Gasteiger partial charge in [-0.05, 0) is 24.3 Å². The number of piperazine rings is 1. The highest BCUT2D eigenvalue weighted by Crippen LogP contribution is 2.36. The number of hydrogen-bond acceptors (Lipinski definition) is 6. The highest BCUT2D eigenvalue weighted by Gasteiger charge is 2.34. The molecule has 3 heterocycles. The smallest absolute Gasteiger partial charge is 0.366 e. The van der Waals surface area contributed by atoms with Gasteiger partial charge in [0.25, 0.3) is 5.56 Å². The van der Waals surface area contributed by atoms with E-state index in [0.29, 0.717) is 6.20 Å². The summed E-state index contributed by atoms with van der Waals surface area (Å²) in [5.74, 6) is 0.123. The summed E-state index contributed by atoms with van der Waals surface area (Å²) in [5.41, 5.74) is -4.56. The van der Waals surface area contributed by atoms with Crippen molar-refractivity contribution < 1.29 is 26.3 Å². The first-order chi connectivity index (χ1) is 17.3. The number of nitrogens with zero attached hydrogens (tertiary/aromatic N) is 5. The molecule has 0 amide bonds. The van der Waals surface area contributed by atoms with Crippen LogP contribution in [0, 0.1) is 11.3 Å². The zero-order valence-corrected chi connectivity index (χ0v) is 19.2. The van der Waals surface area contributed by atoms with Gasteiger partial charge in [-0.25, -0.2) is 9.78 Å². The summed E-state index contributed by atoms with van der Waals surface area (Å²) in [7, 11) is 0. The Labute approximate surface area is 208 Å². The van der Waals surface area contributed by atoms with Crippen LogP contribution < -0.4 is 21.0 Å². The molecule has 0 unspecified atom stereocenters. The molecule has 0 spiro atoms. The number of aromatic amines is 1. The molecular formula is C22H15ClF6N6O2. The average molecular weight is 545 g/mol. The van der Waals surface area contributed by atoms with Gasteiger partial charge in [-0.3, -0.25) is 14.3 Å². The first-order valence-electron chi connectivity index (χ1n) is 10.5. The molecule has 0 radical (unpaired) electrons. The number of aromatic nitrogens is 3. The van der Waals surface area contributed by atoms with Crippen LogP contribution in [-0.2, 0) is 12.4 Å². The minimum atomic E-state index is -4.74. The molecule has 8 nitrogen and oxygen atoms in total. The number of pyridine rings is 1. The maximum Gasteiger partial charge on any atom is 0.417 e. The first-order valence-corrected chi connectivity index (χ1v) is 10.9. The lowest BCUT2D eigenvalue weighted by molar-refractivity contribution is -0.138. The molecule has 1 aromatic carbocycles. The molecule has 1 N–H and O–H groups in total. The van der Waals surface area contributed by atoms with Gasteiger partial charge in [-0.2, -0.15) is 31.6 Å². The van der Waals surface area contributed by atoms with E-state index in [1.807, 2.05) is 4.98 Å². The highest BCUT2D eigenvalue weighted by atomic mass is 35.5. The van der Waals surface area contributed by atoms with Gasteiger partial charge in [0.2, 0.25) is 0 Å². The fourth-order valence-electron chi connectivity index (χ4n) is 3.87. The van der Waals surface area contributed by atoms with E-state index >= 15 is 0 Å². The van der Waals surface area contributed by atoms with Gasteiger partial charge < -0.3 is 9.80 Å². The van der Waals surface area contributed by atoms with Gasteiger partial charge in [-0.1, -0.05) is 11.6 Å². The van der Waals surface area contributed by atoms with E-state index in [0.717, 1.165) is 29.0 Å². The molecule has 1 aliphatic heterocycles. The van der Waals surface area contributed by atoms with Crippen LogP contribution in [0.15, 0.2) is 46.2 Å². The highest BCUT2D eigenvalue weighted by molar-refractivity contribution is 6.33. The fourth-order valence-corrected chi connectivity index (χ4v) is 4.15. The van der Waals surface area contributed by atoms with Crippen molar-refractivity contribution in [3.8, 4) is 11.8 Å². The summed E-state index contributed by atoms with van der Waals surface area (Å²) in [5, 5.41) is 8.94. The Bertz CT molecular complexity index is 1500. The molecule has 3 aromatic rings. The van der Waals surface area contributed by atoms with Gasteiger partial charge in [0.15, 0.2) is 0 Å². The van der Waals surface area contributed by atoms with E-state index in [-0.39, 0.29) is 48.4 Å². The number of hydrogen-bond donors (Lipinski definition) is 1. The molecule has 37 heavy (non-hydrogen) atoms. The van der Waals surface area contributed by atoms with Crippen LogP contribution in [0.3, 0.4) is 0 Å². The zero-order chi connectivity index (χ0) is 27.1. The van der Waals surface area contributed by atoms with Gasteiger partial charge in [0, 0.05) is 38.6 Å². The van der Waals surface area contributed by atoms with Crippen LogP contribution in [0.25, 0.3) is 5.69 Å². The van der Waals surface area contributed by atoms with Crippen molar-refractivity contribution in [3.63, 3.8) is 0 Å². The Morgan fingerprint density at radius 3 is 2.11 bits per heavy atom. The van der Waals surface area contributed by atoms with Crippen molar-refractivity contribution in [2.45, 2.75) is 12.4 Å². The Balaban J connectivity index is 1.68. The van der Waals surface area contributed by atoms with Crippen molar-refractivity contribution >= 4 is 23.1 Å². The van der Waals surface area contributed by atoms with Crippen LogP contribution in [0.5, 0.6) is 0 Å². The largest absolute Gasteiger partial charge is 0.417 e. The second-order valence-corrected chi connectivity index (χ2v) is 8.39. The monoisotopic (exact) mass is 544 g/mol. The number of alkyl halides is 6. The minimum Gasteiger partial charge on any atom is -0.366 e. The lowest BCUT2D eigenvalue weighted by atomic mass is 10.1. The summed E-state index contributed by atoms with van der Waals surface area (Å²) < 4.78 is 79.8. The van der Waals surface area contributed by atoms with Gasteiger partial charge in [0.1, 0.15) is 17.5 Å². The lowest BCUT2D eigenvalue weighted by Crippen LogP contribution is -2.47. The number of rotatable bonds is 3. The molecule has 2 aromatic heterocycles. The third-order valence-corrected chi connectivity index (χ3v) is 5.97. The predicted octanol–water partition coefficient (Wildman–Crippen LogP) is 3.81. The van der Waals surface area contributed by atoms with E-state index < -0.39 is 40.3 Å². The topological polar surface area (TPSA) is 98.0 Å². The molecule has 1 aliphatic rings. The number of halogens is 7. The van der Waals surface area contributed by atoms with Gasteiger partial charge in [-0.15, -0.1) is 0 Å². The van der Waals surface area contributed by atoms with Crippen molar-refractivity contribution in [1.29, 1.82) is 5.26 Å². The Morgan fingerprint density at radius 2 is 1.54 bits per heavy atom. The van der Waals surface area contributed by atoms with Gasteiger partial charge in [0.05, 0.1) is 27.5 Å². The van der Waals surface area contributed by atoms with Crippen molar-refractivity contribution in [1.82, 2.24) is 14.5 Å². The third kappa shape index (κ3) is 5.26. The number of anilines is 2. The van der Waals surface area contributed by atoms with E-state index in [4.69, 9.17) is 16.9 Å². The Kier molecular flexibility index (Phi) is 6.68. The predicted molar refractivity (Wildman–Crippen MR) is 121 cm³/mol. The molecule has 4 rings (SSSR count). The van der Waals surface area contributed by atoms with E-state index in [1.165, 1.54) is 6.07 Å². The van der Waals surface area contributed by atoms with Gasteiger partial charge >= 0.3 is 18.0 Å². The van der Waals surface area contributed by atoms with Crippen LogP contribution in [-0.4, -0.2) is 40.7 Å². The van der Waals surface area contributed by atoms with Crippen molar-refractivity contribution in [3.05, 3.63) is 79.2 Å². The van der Waals surface area contributed by atoms with Crippen LogP contribution >= 0.6 is 11.6 Å². The minimum absolute atomic E-state index is 0.123. The normalized spacial score (nSPS) is 14.5. The second-order valence-electron chi connectivity index (χ2n) is 7.99. The first kappa shape index (κ1) is 26.1. The molecule has 15 heteroatoms. The molecule has 1 fully saturated rings. The molecule has 194 valence electrons. The van der Waals surface area contributed by atoms with Crippen LogP contribution in [0.1, 0.15) is 16.7 Å². The van der Waals surface area contributed by atoms with Crippen LogP contribution in [0.4, 0.5) is 37.8 Å². The maximum absolute atomic E-state index is 13.4. The third-order valence-electron chi connectivity index (χ3n) is 5.69. The quantitative estimate of drug-likeness (QED) is 0.504. The summed E-state index contributed by atoms with van der Waals surface area (Å²) in [6, 6.07) is 5.08. The molecular weight excluding hydrogens is 530 g/mol. The summed E-state index contributed by atoms with van der Waals surface area (Å²) >= 11 is 6.03. The SMILES string of the molecule is N#Cc1cn(-c2cc(C(F)(F)F)ccc2N2CCN(c3ncc(C(F)(F)F)cc3Cl)CC2)c(=O)[nH]c1=O. The standard InChI is InChI=1S/C22H15ClF6N6O2/c23-15-7-14(22(27,28)29)10-31-18(15)34-5-3-33(4-6-34)16-2-1-13(21(24,25)26)8-17(16)35-11-12(9-30)19(36)32-20(35)37/h1-2,7-8,10-11H,3-6H2,(H,32,36,37). The maximum atomic E-state index is 13.4. The van der Waals surface area contributed by atoms with E-state index in [1.54, 1.807) is 15.9 Å². The summed E-state index contributed by atoms with van der Waals surface area (Å²) in [6.07, 6.45) is -7.82. The number of nitrogens with one attached hydrogen (secondary N) is 1. The van der Waals surface area contributed by atoms with Crippen molar-refractivity contribution in [2.24, 2.45) is 0 Å². The summed E-state index contributed by atoms with van der Waals surface area (Å²) in [6.45, 7) is 0.756. The van der Waals surface area contributed by atoms with Crippen LogP contribution in [0.2, 0.25) is 5.02 Å². The number of nitriles is 1. The zero-order valence-electron chi connectivity index (χ0n) is 18.5. The average Bonchev–Trinajstić information content (AvgIpc) is 2.83. The number of H-pyrrole nitrogens is 1. The fraction of sp³-hybridized carbons (Fsp3) is 0.273. The second kappa shape index (κ2) is 9.47. The lowest BCUT2D eigenvalue weighted by Gasteiger charge is -2.38. The Morgan fingerprint density at radius 1 is 0.919 bits per heavy atom. The van der Waals surface area contributed by atoms with Crippen molar-refractivity contribution in [2.75, 3.05) is 36.0 Å². The van der Waals surface area contributed by atoms with E-state index in [9.17, 15) is 35.9 Å². The molecule has 0 bridgehead atoms. The molecule has 0 atom stereocenters. The van der Waals surface area contributed by atoms with E-state index in [2.05, 4.69) is 4.98 Å². The summed E-state index contributed by atoms with van der Waals surface area (Å²) in [4.78, 5) is 33.3. The number of benzene rings is 1.